The Labute approximate surface area is 174 Å². The molecular formula is C21H22ClFN4O2. The van der Waals surface area contributed by atoms with Gasteiger partial charge in [0.05, 0.1) is 5.02 Å². The largest absolute Gasteiger partial charge is 0.444 e. The molecule has 1 saturated heterocycles. The maximum atomic E-state index is 13.8. The van der Waals surface area contributed by atoms with Crippen molar-refractivity contribution in [2.24, 2.45) is 0 Å². The van der Waals surface area contributed by atoms with Crippen molar-refractivity contribution in [3.63, 3.8) is 0 Å². The Hall–Kier alpha value is -2.85. The van der Waals surface area contributed by atoms with Crippen LogP contribution in [0.2, 0.25) is 5.02 Å². The highest BCUT2D eigenvalue weighted by Crippen LogP contribution is 2.35. The lowest BCUT2D eigenvalue weighted by atomic mass is 10.2. The third kappa shape index (κ3) is 4.77. The van der Waals surface area contributed by atoms with Gasteiger partial charge in [0.2, 0.25) is 0 Å². The maximum absolute atomic E-state index is 13.8. The zero-order valence-corrected chi connectivity index (χ0v) is 17.3. The molecule has 2 heterocycles. The monoisotopic (exact) mass is 416 g/mol. The summed E-state index contributed by atoms with van der Waals surface area (Å²) in [6.45, 7) is 5.95. The fraction of sp³-hybridized carbons (Fsp3) is 0.381. The van der Waals surface area contributed by atoms with E-state index < -0.39 is 23.7 Å². The molecule has 1 aliphatic heterocycles. The highest BCUT2D eigenvalue weighted by molar-refractivity contribution is 6.31. The first kappa shape index (κ1) is 20.9. The molecule has 6 nitrogen and oxygen atoms in total. The van der Waals surface area contributed by atoms with Crippen LogP contribution in [0.25, 0.3) is 0 Å². The Morgan fingerprint density at radius 2 is 2.14 bits per heavy atom. The number of pyridine rings is 1. The van der Waals surface area contributed by atoms with Crippen LogP contribution in [0.5, 0.6) is 0 Å². The number of hydrogen-bond acceptors (Lipinski definition) is 5. The molecule has 1 fully saturated rings. The third-order valence-electron chi connectivity index (χ3n) is 4.42. The van der Waals surface area contributed by atoms with E-state index in [0.29, 0.717) is 24.5 Å². The van der Waals surface area contributed by atoms with E-state index >= 15 is 0 Å². The van der Waals surface area contributed by atoms with Crippen LogP contribution in [0.3, 0.4) is 0 Å². The third-order valence-corrected chi connectivity index (χ3v) is 4.71. The first-order valence-corrected chi connectivity index (χ1v) is 9.68. The molecule has 0 N–H and O–H groups in total. The molecule has 3 rings (SSSR count). The molecule has 0 saturated carbocycles. The van der Waals surface area contributed by atoms with Gasteiger partial charge in [-0.25, -0.2) is 14.2 Å². The summed E-state index contributed by atoms with van der Waals surface area (Å²) in [5, 5.41) is 9.21. The van der Waals surface area contributed by atoms with Crippen molar-refractivity contribution in [1.82, 2.24) is 9.88 Å². The predicted octanol–water partition coefficient (Wildman–Crippen LogP) is 5.24. The zero-order chi connectivity index (χ0) is 21.2. The summed E-state index contributed by atoms with van der Waals surface area (Å²) in [5.74, 6) is -0.0725. The number of nitriles is 1. The summed E-state index contributed by atoms with van der Waals surface area (Å²) in [5.41, 5.74) is 0.176. The number of anilines is 2. The second-order valence-corrected chi connectivity index (χ2v) is 8.17. The summed E-state index contributed by atoms with van der Waals surface area (Å²) in [6.07, 6.45) is 0.586. The normalized spacial score (nSPS) is 16.4. The molecular weight excluding hydrogens is 395 g/mol. The Morgan fingerprint density at radius 3 is 2.79 bits per heavy atom. The molecule has 29 heavy (non-hydrogen) atoms. The van der Waals surface area contributed by atoms with Crippen LogP contribution in [0.1, 0.15) is 39.3 Å². The second kappa shape index (κ2) is 8.26. The minimum Gasteiger partial charge on any atom is -0.444 e. The highest BCUT2D eigenvalue weighted by Gasteiger charge is 2.37. The minimum atomic E-state index is -0.632. The summed E-state index contributed by atoms with van der Waals surface area (Å²) in [6, 6.07) is 11.4. The number of amides is 1. The van der Waals surface area contributed by atoms with Crippen LogP contribution in [0, 0.1) is 17.1 Å². The van der Waals surface area contributed by atoms with Gasteiger partial charge >= 0.3 is 6.09 Å². The number of carbonyl (C=O) groups is 1. The first-order chi connectivity index (χ1) is 13.7. The average molecular weight is 417 g/mol. The molecule has 8 heteroatoms. The van der Waals surface area contributed by atoms with Crippen LogP contribution < -0.4 is 4.90 Å². The lowest BCUT2D eigenvalue weighted by Gasteiger charge is -2.36. The first-order valence-electron chi connectivity index (χ1n) is 9.30. The topological polar surface area (TPSA) is 69.5 Å². The molecule has 1 aromatic heterocycles. The van der Waals surface area contributed by atoms with Gasteiger partial charge in [-0.1, -0.05) is 17.7 Å². The van der Waals surface area contributed by atoms with Crippen LogP contribution in [0.15, 0.2) is 36.4 Å². The standard InChI is InChI=1S/C21H22ClFN4O2/c1-21(2,3)29-20(28)26-11-5-8-19(26)27(15-9-10-17(23)16(22)12-15)18-7-4-6-14(13-24)25-18/h4,6-7,9-10,12,19H,5,8,11H2,1-3H3. The number of ether oxygens (including phenoxy) is 1. The SMILES string of the molecule is CC(C)(C)OC(=O)N1CCCC1N(c1ccc(F)c(Cl)c1)c1cccc(C#N)n1. The Morgan fingerprint density at radius 1 is 1.38 bits per heavy atom. The smallest absolute Gasteiger partial charge is 0.411 e. The zero-order valence-electron chi connectivity index (χ0n) is 16.5. The lowest BCUT2D eigenvalue weighted by molar-refractivity contribution is 0.0230. The van der Waals surface area contributed by atoms with E-state index in [9.17, 15) is 14.4 Å². The van der Waals surface area contributed by atoms with E-state index in [1.165, 1.54) is 12.1 Å². The van der Waals surface area contributed by atoms with Gasteiger partial charge in [-0.05, 0) is 63.9 Å². The molecule has 1 aromatic carbocycles. The van der Waals surface area contributed by atoms with Crippen molar-refractivity contribution in [3.8, 4) is 6.07 Å². The lowest BCUT2D eigenvalue weighted by Crippen LogP contribution is -2.47. The van der Waals surface area contributed by atoms with Crippen molar-refractivity contribution in [2.75, 3.05) is 11.4 Å². The molecule has 1 atom stereocenters. The number of likely N-dealkylation sites (tertiary alicyclic amines) is 1. The molecule has 152 valence electrons. The van der Waals surface area contributed by atoms with Crippen molar-refractivity contribution < 1.29 is 13.9 Å². The van der Waals surface area contributed by atoms with Crippen LogP contribution in [0.4, 0.5) is 20.7 Å². The summed E-state index contributed by atoms with van der Waals surface area (Å²) in [4.78, 5) is 20.6. The summed E-state index contributed by atoms with van der Waals surface area (Å²) < 4.78 is 19.3. The Kier molecular flexibility index (Phi) is 5.94. The van der Waals surface area contributed by atoms with Crippen LogP contribution in [-0.2, 0) is 4.74 Å². The summed E-state index contributed by atoms with van der Waals surface area (Å²) in [7, 11) is 0. The van der Waals surface area contributed by atoms with Crippen molar-refractivity contribution >= 4 is 29.2 Å². The molecule has 1 unspecified atom stereocenters. The van der Waals surface area contributed by atoms with Gasteiger partial charge in [0, 0.05) is 12.2 Å². The van der Waals surface area contributed by atoms with Crippen molar-refractivity contribution in [1.29, 1.82) is 5.26 Å². The molecule has 1 amide bonds. The second-order valence-electron chi connectivity index (χ2n) is 7.76. The minimum absolute atomic E-state index is 0.0363. The molecule has 2 aromatic rings. The maximum Gasteiger partial charge on any atom is 0.411 e. The van der Waals surface area contributed by atoms with Crippen LogP contribution >= 0.6 is 11.6 Å². The Balaban J connectivity index is 2.05. The van der Waals surface area contributed by atoms with Gasteiger partial charge < -0.3 is 9.64 Å². The van der Waals surface area contributed by atoms with Gasteiger partial charge in [0.1, 0.15) is 35.2 Å². The van der Waals surface area contributed by atoms with E-state index in [1.807, 2.05) is 26.8 Å². The number of rotatable bonds is 3. The van der Waals surface area contributed by atoms with Crippen molar-refractivity contribution in [2.45, 2.75) is 45.4 Å². The molecule has 0 bridgehead atoms. The molecule has 0 radical (unpaired) electrons. The number of hydrogen-bond donors (Lipinski definition) is 0. The number of halogens is 2. The van der Waals surface area contributed by atoms with E-state index in [4.69, 9.17) is 16.3 Å². The average Bonchev–Trinajstić information content (AvgIpc) is 3.13. The predicted molar refractivity (Wildman–Crippen MR) is 108 cm³/mol. The number of carbonyl (C=O) groups excluding carboxylic acids is 1. The summed E-state index contributed by atoms with van der Waals surface area (Å²) >= 11 is 6.02. The van der Waals surface area contributed by atoms with Gasteiger partial charge in [-0.3, -0.25) is 4.90 Å². The van der Waals surface area contributed by atoms with Gasteiger partial charge in [-0.15, -0.1) is 0 Å². The van der Waals surface area contributed by atoms with Gasteiger partial charge in [0.25, 0.3) is 0 Å². The fourth-order valence-electron chi connectivity index (χ4n) is 3.26. The van der Waals surface area contributed by atoms with E-state index in [2.05, 4.69) is 4.98 Å². The van der Waals surface area contributed by atoms with Crippen LogP contribution in [-0.4, -0.2) is 34.3 Å². The van der Waals surface area contributed by atoms with Gasteiger partial charge in [-0.2, -0.15) is 5.26 Å². The van der Waals surface area contributed by atoms with Gasteiger partial charge in [0.15, 0.2) is 0 Å². The highest BCUT2D eigenvalue weighted by atomic mass is 35.5. The molecule has 1 aliphatic rings. The van der Waals surface area contributed by atoms with E-state index in [1.54, 1.807) is 34.1 Å². The number of nitrogens with zero attached hydrogens (tertiary/aromatic N) is 4. The molecule has 0 aliphatic carbocycles. The van der Waals surface area contributed by atoms with Crippen molar-refractivity contribution in [3.05, 3.63) is 52.9 Å². The van der Waals surface area contributed by atoms with E-state index in [0.717, 1.165) is 6.42 Å². The van der Waals surface area contributed by atoms with E-state index in [-0.39, 0.29) is 10.7 Å². The molecule has 0 spiro atoms. The number of aromatic nitrogens is 1. The fourth-order valence-corrected chi connectivity index (χ4v) is 3.44. The number of benzene rings is 1. The quantitative estimate of drug-likeness (QED) is 0.684. The Bertz CT molecular complexity index is 954.